The molecular weight excluding hydrogens is 432 g/mol. The number of urea groups is 1. The van der Waals surface area contributed by atoms with Gasteiger partial charge in [-0.3, -0.25) is 4.90 Å². The fourth-order valence-corrected chi connectivity index (χ4v) is 5.92. The van der Waals surface area contributed by atoms with Crippen molar-refractivity contribution in [3.8, 4) is 11.5 Å². The number of benzene rings is 1. The molecule has 0 spiro atoms. The van der Waals surface area contributed by atoms with Gasteiger partial charge < -0.3 is 19.7 Å². The Morgan fingerprint density at radius 1 is 0.969 bits per heavy atom. The smallest absolute Gasteiger partial charge is 0.317 e. The Balaban J connectivity index is 1.31. The van der Waals surface area contributed by atoms with Crippen LogP contribution in [0.3, 0.4) is 0 Å². The van der Waals surface area contributed by atoms with E-state index in [9.17, 15) is 13.2 Å². The van der Waals surface area contributed by atoms with Gasteiger partial charge in [0.15, 0.2) is 11.5 Å². The van der Waals surface area contributed by atoms with Crippen molar-refractivity contribution in [1.82, 2.24) is 19.4 Å². The molecule has 0 atom stereocenters. The lowest BCUT2D eigenvalue weighted by atomic mass is 9.98. The summed E-state index contributed by atoms with van der Waals surface area (Å²) >= 11 is 0. The fourth-order valence-electron chi connectivity index (χ4n) is 4.48. The number of hydrogen-bond donors (Lipinski definition) is 1. The van der Waals surface area contributed by atoms with Gasteiger partial charge in [0.1, 0.15) is 13.2 Å². The quantitative estimate of drug-likeness (QED) is 0.711. The summed E-state index contributed by atoms with van der Waals surface area (Å²) in [7, 11) is -3.66. The summed E-state index contributed by atoms with van der Waals surface area (Å²) in [6, 6.07) is 4.57. The standard InChI is InChI=1S/C22H34N4O5S/c1-22(2,25-8-4-3-5-9-25)17-23-21(27)24-10-12-26(13-11-24)32(28,29)18-6-7-19-20(16-18)31-15-14-30-19/h6-7,16H,3-5,8-15,17H2,1-2H3,(H,23,27). The number of carbonyl (C=O) groups is 1. The normalized spacial score (nSPS) is 20.8. The van der Waals surface area contributed by atoms with E-state index in [-0.39, 0.29) is 29.6 Å². The molecule has 10 heteroatoms. The second-order valence-electron chi connectivity index (χ2n) is 9.22. The van der Waals surface area contributed by atoms with E-state index in [1.54, 1.807) is 17.0 Å². The molecule has 1 N–H and O–H groups in total. The van der Waals surface area contributed by atoms with Crippen LogP contribution in [0.1, 0.15) is 33.1 Å². The topological polar surface area (TPSA) is 91.4 Å². The highest BCUT2D eigenvalue weighted by Crippen LogP contribution is 2.33. The van der Waals surface area contributed by atoms with E-state index < -0.39 is 10.0 Å². The molecule has 3 aliphatic rings. The van der Waals surface area contributed by atoms with Crippen LogP contribution in [-0.4, -0.2) is 93.1 Å². The van der Waals surface area contributed by atoms with Crippen LogP contribution < -0.4 is 14.8 Å². The van der Waals surface area contributed by atoms with Crippen molar-refractivity contribution in [2.75, 3.05) is 59.0 Å². The first kappa shape index (κ1) is 23.1. The SMILES string of the molecule is CC(C)(CNC(=O)N1CCN(S(=O)(=O)c2ccc3c(c2)OCCO3)CC1)N1CCCCC1. The molecule has 4 rings (SSSR count). The molecule has 0 aromatic heterocycles. The number of piperidine rings is 1. The number of hydrogen-bond acceptors (Lipinski definition) is 6. The van der Waals surface area contributed by atoms with Gasteiger partial charge in [0.25, 0.3) is 0 Å². The molecule has 9 nitrogen and oxygen atoms in total. The predicted molar refractivity (Wildman–Crippen MR) is 121 cm³/mol. The maximum absolute atomic E-state index is 13.1. The number of ether oxygens (including phenoxy) is 2. The summed E-state index contributed by atoms with van der Waals surface area (Å²) in [6.45, 7) is 9.14. The highest BCUT2D eigenvalue weighted by Gasteiger charge is 2.33. The van der Waals surface area contributed by atoms with Gasteiger partial charge in [-0.05, 0) is 51.9 Å². The van der Waals surface area contributed by atoms with Crippen molar-refractivity contribution >= 4 is 16.1 Å². The second kappa shape index (κ2) is 9.44. The molecule has 178 valence electrons. The largest absolute Gasteiger partial charge is 0.486 e. The molecule has 3 heterocycles. The van der Waals surface area contributed by atoms with E-state index in [1.165, 1.54) is 29.6 Å². The molecule has 0 radical (unpaired) electrons. The molecule has 2 saturated heterocycles. The number of carbonyl (C=O) groups excluding carboxylic acids is 1. The van der Waals surface area contributed by atoms with Gasteiger partial charge in [0.05, 0.1) is 4.90 Å². The van der Waals surface area contributed by atoms with E-state index in [0.717, 1.165) is 13.1 Å². The molecule has 0 saturated carbocycles. The average Bonchev–Trinajstić information content (AvgIpc) is 2.83. The molecule has 32 heavy (non-hydrogen) atoms. The maximum atomic E-state index is 13.1. The van der Waals surface area contributed by atoms with Crippen LogP contribution >= 0.6 is 0 Å². The summed E-state index contributed by atoms with van der Waals surface area (Å²) in [5.74, 6) is 1.01. The lowest BCUT2D eigenvalue weighted by molar-refractivity contribution is 0.0928. The van der Waals surface area contributed by atoms with Crippen LogP contribution in [0, 0.1) is 0 Å². The van der Waals surface area contributed by atoms with E-state index in [1.807, 2.05) is 0 Å². The molecule has 3 aliphatic heterocycles. The third-order valence-electron chi connectivity index (χ3n) is 6.56. The van der Waals surface area contributed by atoms with Gasteiger partial charge in [0.2, 0.25) is 10.0 Å². The van der Waals surface area contributed by atoms with Crippen LogP contribution in [-0.2, 0) is 10.0 Å². The third-order valence-corrected chi connectivity index (χ3v) is 8.46. The number of amides is 2. The maximum Gasteiger partial charge on any atom is 0.317 e. The van der Waals surface area contributed by atoms with Gasteiger partial charge in [-0.2, -0.15) is 4.31 Å². The van der Waals surface area contributed by atoms with Gasteiger partial charge in [-0.15, -0.1) is 0 Å². The Labute approximate surface area is 190 Å². The number of fused-ring (bicyclic) bond motifs is 1. The lowest BCUT2D eigenvalue weighted by Crippen LogP contribution is -2.57. The van der Waals surface area contributed by atoms with Crippen molar-refractivity contribution in [1.29, 1.82) is 0 Å². The average molecular weight is 467 g/mol. The number of nitrogens with zero attached hydrogens (tertiary/aromatic N) is 3. The zero-order valence-corrected chi connectivity index (χ0v) is 19.8. The van der Waals surface area contributed by atoms with Crippen molar-refractivity contribution in [2.24, 2.45) is 0 Å². The summed E-state index contributed by atoms with van der Waals surface area (Å²) in [6.07, 6.45) is 3.69. The van der Waals surface area contributed by atoms with Gasteiger partial charge in [0, 0.05) is 44.3 Å². The van der Waals surface area contributed by atoms with Crippen LogP contribution in [0.4, 0.5) is 4.79 Å². The van der Waals surface area contributed by atoms with Crippen molar-refractivity contribution in [3.05, 3.63) is 18.2 Å². The van der Waals surface area contributed by atoms with Crippen LogP contribution in [0.2, 0.25) is 0 Å². The highest BCUT2D eigenvalue weighted by molar-refractivity contribution is 7.89. The molecule has 2 amide bonds. The lowest BCUT2D eigenvalue weighted by Gasteiger charge is -2.41. The first-order valence-electron chi connectivity index (χ1n) is 11.4. The van der Waals surface area contributed by atoms with Crippen LogP contribution in [0.25, 0.3) is 0 Å². The highest BCUT2D eigenvalue weighted by atomic mass is 32.2. The number of sulfonamides is 1. The predicted octanol–water partition coefficient (Wildman–Crippen LogP) is 1.74. The monoisotopic (exact) mass is 466 g/mol. The molecule has 1 aromatic rings. The minimum Gasteiger partial charge on any atom is -0.486 e. The van der Waals surface area contributed by atoms with Crippen LogP contribution in [0.15, 0.2) is 23.1 Å². The Bertz CT molecular complexity index is 922. The molecular formula is C22H34N4O5S. The summed E-state index contributed by atoms with van der Waals surface area (Å²) in [5.41, 5.74) is -0.0977. The number of nitrogens with one attached hydrogen (secondary N) is 1. The first-order valence-corrected chi connectivity index (χ1v) is 12.9. The minimum absolute atomic E-state index is 0.0977. The second-order valence-corrected chi connectivity index (χ2v) is 11.2. The van der Waals surface area contributed by atoms with E-state index >= 15 is 0 Å². The zero-order valence-electron chi connectivity index (χ0n) is 19.0. The van der Waals surface area contributed by atoms with Gasteiger partial charge >= 0.3 is 6.03 Å². The minimum atomic E-state index is -3.66. The molecule has 0 bridgehead atoms. The van der Waals surface area contributed by atoms with Crippen LogP contribution in [0.5, 0.6) is 11.5 Å². The molecule has 0 aliphatic carbocycles. The Morgan fingerprint density at radius 3 is 2.31 bits per heavy atom. The summed E-state index contributed by atoms with van der Waals surface area (Å²) in [5, 5.41) is 3.06. The molecule has 2 fully saturated rings. The number of likely N-dealkylation sites (tertiary alicyclic amines) is 1. The molecule has 1 aromatic carbocycles. The zero-order chi connectivity index (χ0) is 22.8. The Kier molecular flexibility index (Phi) is 6.83. The number of piperazine rings is 1. The summed E-state index contributed by atoms with van der Waals surface area (Å²) < 4.78 is 38.6. The van der Waals surface area contributed by atoms with Crippen molar-refractivity contribution < 1.29 is 22.7 Å². The summed E-state index contributed by atoms with van der Waals surface area (Å²) in [4.78, 5) is 17.0. The van der Waals surface area contributed by atoms with Crippen molar-refractivity contribution in [3.63, 3.8) is 0 Å². The number of rotatable bonds is 5. The van der Waals surface area contributed by atoms with Crippen molar-refractivity contribution in [2.45, 2.75) is 43.5 Å². The molecule has 0 unspecified atom stereocenters. The van der Waals surface area contributed by atoms with E-state index in [4.69, 9.17) is 9.47 Å². The van der Waals surface area contributed by atoms with Gasteiger partial charge in [-0.25, -0.2) is 13.2 Å². The first-order chi connectivity index (χ1) is 15.3. The van der Waals surface area contributed by atoms with E-state index in [0.29, 0.717) is 44.3 Å². The Morgan fingerprint density at radius 2 is 1.62 bits per heavy atom. The third kappa shape index (κ3) is 4.97. The Hall–Kier alpha value is -2.04. The van der Waals surface area contributed by atoms with E-state index in [2.05, 4.69) is 24.1 Å². The van der Waals surface area contributed by atoms with Gasteiger partial charge in [-0.1, -0.05) is 6.42 Å². The fraction of sp³-hybridized carbons (Fsp3) is 0.682.